The summed E-state index contributed by atoms with van der Waals surface area (Å²) in [4.78, 5) is 25.1. The lowest BCUT2D eigenvalue weighted by Gasteiger charge is -2.10. The predicted octanol–water partition coefficient (Wildman–Crippen LogP) is 12.5. The number of hydrogen-bond donors (Lipinski definition) is 4. The zero-order valence-corrected chi connectivity index (χ0v) is 37.1. The summed E-state index contributed by atoms with van der Waals surface area (Å²) >= 11 is 0. The quantitative estimate of drug-likeness (QED) is 0.0502. The molecule has 0 fully saturated rings. The molecule has 0 saturated carbocycles. The Morgan fingerprint density at radius 3 is 0.895 bits per heavy atom. The van der Waals surface area contributed by atoms with Gasteiger partial charge in [0, 0.05) is 11.4 Å². The molecule has 0 saturated heterocycles. The average Bonchev–Trinajstić information content (AvgIpc) is 3.21. The summed E-state index contributed by atoms with van der Waals surface area (Å²) in [6.45, 7) is 6.59. The third-order valence-corrected chi connectivity index (χ3v) is 12.7. The number of benzene rings is 2. The van der Waals surface area contributed by atoms with Crippen LogP contribution >= 0.6 is 0 Å². The van der Waals surface area contributed by atoms with Crippen molar-refractivity contribution in [1.82, 2.24) is 10.6 Å². The van der Waals surface area contributed by atoms with Crippen molar-refractivity contribution in [3.63, 3.8) is 0 Å². The lowest BCUT2D eigenvalue weighted by atomic mass is 10.0. The SMILES string of the molecule is CCCCCCCCCCCCCCCCNCC(=O)Nc1ccc(S(=O)(=O)c2ccc(NC(=O)CNCCCCCCCCCCCCCCCC)cc2)cc1. The van der Waals surface area contributed by atoms with Crippen molar-refractivity contribution in [1.29, 1.82) is 0 Å². The zero-order valence-electron chi connectivity index (χ0n) is 36.3. The maximum Gasteiger partial charge on any atom is 0.238 e. The van der Waals surface area contributed by atoms with E-state index in [1.165, 1.54) is 191 Å². The van der Waals surface area contributed by atoms with Gasteiger partial charge in [0.1, 0.15) is 0 Å². The van der Waals surface area contributed by atoms with Crippen molar-refractivity contribution in [3.05, 3.63) is 48.5 Å². The Hall–Kier alpha value is -2.75. The van der Waals surface area contributed by atoms with Crippen LogP contribution < -0.4 is 21.3 Å². The number of sulfone groups is 1. The minimum atomic E-state index is -3.76. The summed E-state index contributed by atoms with van der Waals surface area (Å²) < 4.78 is 26.5. The summed E-state index contributed by atoms with van der Waals surface area (Å²) in [7, 11) is -3.76. The molecule has 2 amide bonds. The Balaban J connectivity index is 1.51. The molecule has 0 aliphatic heterocycles. The fourth-order valence-corrected chi connectivity index (χ4v) is 8.54. The van der Waals surface area contributed by atoms with Gasteiger partial charge < -0.3 is 21.3 Å². The fraction of sp³-hybridized carbons (Fsp3) is 0.708. The number of rotatable bonds is 38. The first-order chi connectivity index (χ1) is 27.9. The van der Waals surface area contributed by atoms with Gasteiger partial charge in [-0.15, -0.1) is 0 Å². The normalized spacial score (nSPS) is 11.5. The molecular weight excluding hydrogens is 729 g/mol. The van der Waals surface area contributed by atoms with Gasteiger partial charge in [0.2, 0.25) is 21.7 Å². The first kappa shape index (κ1) is 50.4. The molecule has 0 atom stereocenters. The molecule has 324 valence electrons. The molecule has 0 spiro atoms. The van der Waals surface area contributed by atoms with Crippen LogP contribution in [0.25, 0.3) is 0 Å². The lowest BCUT2D eigenvalue weighted by molar-refractivity contribution is -0.116. The molecule has 0 radical (unpaired) electrons. The largest absolute Gasteiger partial charge is 0.325 e. The van der Waals surface area contributed by atoms with Crippen molar-refractivity contribution < 1.29 is 18.0 Å². The van der Waals surface area contributed by atoms with Gasteiger partial charge in [0.05, 0.1) is 22.9 Å². The van der Waals surface area contributed by atoms with E-state index in [9.17, 15) is 18.0 Å². The van der Waals surface area contributed by atoms with Crippen LogP contribution in [0, 0.1) is 0 Å². The van der Waals surface area contributed by atoms with Crippen molar-refractivity contribution in [2.45, 2.75) is 203 Å². The molecule has 0 unspecified atom stereocenters. The topological polar surface area (TPSA) is 116 Å². The van der Waals surface area contributed by atoms with Crippen molar-refractivity contribution in [2.24, 2.45) is 0 Å². The monoisotopic (exact) mass is 811 g/mol. The summed E-state index contributed by atoms with van der Waals surface area (Å²) in [5.74, 6) is -0.308. The smallest absolute Gasteiger partial charge is 0.238 e. The minimum absolute atomic E-state index is 0.140. The molecule has 8 nitrogen and oxygen atoms in total. The van der Waals surface area contributed by atoms with Crippen molar-refractivity contribution >= 4 is 33.0 Å². The van der Waals surface area contributed by atoms with Gasteiger partial charge in [0.15, 0.2) is 0 Å². The van der Waals surface area contributed by atoms with Crippen LogP contribution in [-0.2, 0) is 19.4 Å². The van der Waals surface area contributed by atoms with Gasteiger partial charge in [-0.05, 0) is 74.5 Å². The van der Waals surface area contributed by atoms with Gasteiger partial charge in [-0.2, -0.15) is 0 Å². The van der Waals surface area contributed by atoms with Crippen LogP contribution in [0.2, 0.25) is 0 Å². The first-order valence-corrected chi connectivity index (χ1v) is 24.8. The average molecular weight is 811 g/mol. The maximum absolute atomic E-state index is 13.3. The number of nitrogens with one attached hydrogen (secondary N) is 4. The molecular formula is C48H82N4O4S. The molecule has 0 heterocycles. The van der Waals surface area contributed by atoms with Crippen LogP contribution in [0.5, 0.6) is 0 Å². The number of unbranched alkanes of at least 4 members (excludes halogenated alkanes) is 26. The third-order valence-electron chi connectivity index (χ3n) is 10.9. The van der Waals surface area contributed by atoms with E-state index in [0.717, 1.165) is 25.9 Å². The van der Waals surface area contributed by atoms with Crippen LogP contribution in [0.15, 0.2) is 58.3 Å². The second kappa shape index (κ2) is 34.1. The molecule has 2 rings (SSSR count). The third kappa shape index (κ3) is 26.1. The second-order valence-corrected chi connectivity index (χ2v) is 18.1. The zero-order chi connectivity index (χ0) is 41.1. The molecule has 9 heteroatoms. The van der Waals surface area contributed by atoms with E-state index in [4.69, 9.17) is 0 Å². The lowest BCUT2D eigenvalue weighted by Crippen LogP contribution is -2.28. The summed E-state index contributed by atoms with van der Waals surface area (Å²) in [5.41, 5.74) is 1.10. The predicted molar refractivity (Wildman–Crippen MR) is 242 cm³/mol. The minimum Gasteiger partial charge on any atom is -0.325 e. The molecule has 2 aromatic carbocycles. The number of anilines is 2. The first-order valence-electron chi connectivity index (χ1n) is 23.3. The summed E-state index contributed by atoms with van der Waals surface area (Å²) in [6, 6.07) is 12.5. The van der Waals surface area contributed by atoms with E-state index < -0.39 is 9.84 Å². The Kier molecular flexibility index (Phi) is 30.2. The Labute approximate surface area is 349 Å². The Bertz CT molecular complexity index is 1280. The Morgan fingerprint density at radius 2 is 0.632 bits per heavy atom. The molecule has 0 aliphatic rings. The number of carbonyl (C=O) groups excluding carboxylic acids is 2. The summed E-state index contributed by atoms with van der Waals surface area (Å²) in [6.07, 6.45) is 37.1. The molecule has 4 N–H and O–H groups in total. The van der Waals surface area contributed by atoms with E-state index in [1.807, 2.05) is 0 Å². The van der Waals surface area contributed by atoms with E-state index in [-0.39, 0.29) is 34.7 Å². The van der Waals surface area contributed by atoms with Crippen LogP contribution in [0.1, 0.15) is 194 Å². The number of carbonyl (C=O) groups is 2. The van der Waals surface area contributed by atoms with Gasteiger partial charge in [-0.3, -0.25) is 9.59 Å². The second-order valence-electron chi connectivity index (χ2n) is 16.2. The van der Waals surface area contributed by atoms with Crippen molar-refractivity contribution in [3.8, 4) is 0 Å². The standard InChI is InChI=1S/C48H82N4O4S/c1-3-5-7-9-11-13-15-17-19-21-23-25-27-29-39-49-41-47(53)51-43-31-35-45(36-32-43)57(55,56)46-37-33-44(34-38-46)52-48(54)42-50-40-30-28-26-24-22-20-18-16-14-12-10-8-6-4-2/h31-38,49-50H,3-30,39-42H2,1-2H3,(H,51,53)(H,52,54). The van der Waals surface area contributed by atoms with Crippen LogP contribution in [-0.4, -0.2) is 46.4 Å². The van der Waals surface area contributed by atoms with Gasteiger partial charge in [0.25, 0.3) is 0 Å². The van der Waals surface area contributed by atoms with Gasteiger partial charge in [-0.1, -0.05) is 181 Å². The van der Waals surface area contributed by atoms with E-state index in [0.29, 0.717) is 11.4 Å². The highest BCUT2D eigenvalue weighted by molar-refractivity contribution is 7.91. The highest BCUT2D eigenvalue weighted by Gasteiger charge is 2.18. The molecule has 0 aromatic heterocycles. The fourth-order valence-electron chi connectivity index (χ4n) is 7.27. The van der Waals surface area contributed by atoms with Gasteiger partial charge in [-0.25, -0.2) is 8.42 Å². The van der Waals surface area contributed by atoms with Gasteiger partial charge >= 0.3 is 0 Å². The number of hydrogen-bond acceptors (Lipinski definition) is 6. The van der Waals surface area contributed by atoms with E-state index in [2.05, 4.69) is 35.1 Å². The molecule has 57 heavy (non-hydrogen) atoms. The molecule has 0 aliphatic carbocycles. The highest BCUT2D eigenvalue weighted by Crippen LogP contribution is 2.24. The van der Waals surface area contributed by atoms with Crippen LogP contribution in [0.4, 0.5) is 11.4 Å². The molecule has 0 bridgehead atoms. The van der Waals surface area contributed by atoms with Crippen LogP contribution in [0.3, 0.4) is 0 Å². The highest BCUT2D eigenvalue weighted by atomic mass is 32.2. The van der Waals surface area contributed by atoms with E-state index >= 15 is 0 Å². The Morgan fingerprint density at radius 1 is 0.386 bits per heavy atom. The molecule has 2 aromatic rings. The maximum atomic E-state index is 13.3. The van der Waals surface area contributed by atoms with Crippen molar-refractivity contribution in [2.75, 3.05) is 36.8 Å². The van der Waals surface area contributed by atoms with E-state index in [1.54, 1.807) is 24.3 Å². The summed E-state index contributed by atoms with van der Waals surface area (Å²) in [5, 5.41) is 12.1. The number of amides is 2.